The summed E-state index contributed by atoms with van der Waals surface area (Å²) in [4.78, 5) is 185. The molecule has 30 heteroatoms. The van der Waals surface area contributed by atoms with Gasteiger partial charge in [0, 0.05) is 19.6 Å². The summed E-state index contributed by atoms with van der Waals surface area (Å²) in [7, 11) is 0. The number of hydrogen-bond donors (Lipinski definition) is 14. The summed E-state index contributed by atoms with van der Waals surface area (Å²) < 4.78 is 0. The van der Waals surface area contributed by atoms with E-state index in [9.17, 15) is 87.5 Å². The van der Waals surface area contributed by atoms with Gasteiger partial charge in [0.1, 0.15) is 42.3 Å². The van der Waals surface area contributed by atoms with Crippen molar-refractivity contribution in [2.45, 2.75) is 133 Å². The molecule has 10 unspecified atom stereocenters. The number of amides is 11. The van der Waals surface area contributed by atoms with E-state index in [0.29, 0.717) is 25.7 Å². The first kappa shape index (κ1) is 58.8. The Hall–Kier alpha value is -7.50. The number of fused-ring (bicyclic) bond motifs is 2. The maximum atomic E-state index is 14.3. The third kappa shape index (κ3) is 17.7. The molecule has 72 heavy (non-hydrogen) atoms. The van der Waals surface area contributed by atoms with Crippen LogP contribution in [0.3, 0.4) is 0 Å². The van der Waals surface area contributed by atoms with Crippen LogP contribution >= 0.6 is 0 Å². The van der Waals surface area contributed by atoms with Gasteiger partial charge in [0.15, 0.2) is 0 Å². The van der Waals surface area contributed by atoms with Crippen molar-refractivity contribution in [3.63, 3.8) is 0 Å². The predicted octanol–water partition coefficient (Wildman–Crippen LogP) is -7.56. The Labute approximate surface area is 411 Å². The van der Waals surface area contributed by atoms with E-state index in [2.05, 4.69) is 37.2 Å². The van der Waals surface area contributed by atoms with Gasteiger partial charge in [-0.1, -0.05) is 20.3 Å². The van der Waals surface area contributed by atoms with Crippen LogP contribution in [0.1, 0.15) is 78.6 Å². The average molecular weight is 1030 g/mol. The van der Waals surface area contributed by atoms with Crippen molar-refractivity contribution in [2.75, 3.05) is 39.3 Å². The van der Waals surface area contributed by atoms with Crippen molar-refractivity contribution in [1.29, 1.82) is 0 Å². The van der Waals surface area contributed by atoms with Crippen LogP contribution in [0.4, 0.5) is 0 Å². The van der Waals surface area contributed by atoms with Crippen LogP contribution in [-0.4, -0.2) is 207 Å². The second-order valence-corrected chi connectivity index (χ2v) is 17.5. The highest BCUT2D eigenvalue weighted by molar-refractivity contribution is 5.99. The van der Waals surface area contributed by atoms with E-state index >= 15 is 0 Å². The van der Waals surface area contributed by atoms with Gasteiger partial charge in [-0.2, -0.15) is 0 Å². The number of hydrogen-bond acceptors (Lipinski definition) is 16. The van der Waals surface area contributed by atoms with E-state index in [0.717, 1.165) is 11.8 Å². The molecule has 3 fully saturated rings. The number of aliphatic carboxylic acids is 3. The Morgan fingerprint density at radius 1 is 0.611 bits per heavy atom. The van der Waals surface area contributed by atoms with Crippen LogP contribution in [0.15, 0.2) is 0 Å². The molecule has 30 nitrogen and oxygen atoms in total. The number of nitrogens with two attached hydrogens (primary N) is 1. The second-order valence-electron chi connectivity index (χ2n) is 17.5. The highest BCUT2D eigenvalue weighted by Crippen LogP contribution is 2.23. The number of carboxylic acid groups (broad SMARTS) is 3. The number of carboxylic acids is 3. The second kappa shape index (κ2) is 27.8. The van der Waals surface area contributed by atoms with Gasteiger partial charge in [-0.3, -0.25) is 67.1 Å². The third-order valence-electron chi connectivity index (χ3n) is 11.9. The maximum absolute atomic E-state index is 14.3. The molecule has 0 aromatic rings. The van der Waals surface area contributed by atoms with Crippen LogP contribution in [-0.2, 0) is 67.1 Å². The minimum atomic E-state index is -1.88. The number of nitrogens with zero attached hydrogens (tertiary/aromatic N) is 2. The van der Waals surface area contributed by atoms with Crippen molar-refractivity contribution < 1.29 is 87.5 Å². The van der Waals surface area contributed by atoms with Crippen LogP contribution < -0.4 is 53.6 Å². The van der Waals surface area contributed by atoms with Crippen LogP contribution in [0.2, 0.25) is 0 Å². The zero-order valence-corrected chi connectivity index (χ0v) is 39.9. The summed E-state index contributed by atoms with van der Waals surface area (Å²) in [5.74, 6) is -16.7. The Bertz CT molecular complexity index is 2110. The molecule has 3 aliphatic heterocycles. The minimum absolute atomic E-state index is 0.0120. The van der Waals surface area contributed by atoms with Crippen molar-refractivity contribution in [1.82, 2.24) is 57.7 Å². The standard InChI is InChI=1S/C42H64N12O18/c1-4-19(2)33-42(72)54-11-7-9-26(54)38(68)44-15-24(50-35(65)21(43)12-30(59)60)41(71)53-10-6-5-8-25(53)39(69)47-17-28(57)49-22(13-31(61)62)36(66)45-16-27(56)48-23(14-32(63)64)37(67)46-18-29(58)51-34(20(3)55)40(70)52-33/h19-26,33-34,55H,4-18,43H2,1-3H3,(H,44,68)(H,45,66)(H,46,67)(H,47,69)(H,48,56)(H,49,57)(H,50,65)(H,51,58)(H,52,70)(H,59,60)(H,61,62)(H,63,64). The van der Waals surface area contributed by atoms with Gasteiger partial charge < -0.3 is 83.8 Å². The minimum Gasteiger partial charge on any atom is -0.481 e. The summed E-state index contributed by atoms with van der Waals surface area (Å²) >= 11 is 0. The van der Waals surface area contributed by atoms with E-state index in [4.69, 9.17) is 5.73 Å². The topological polar surface area (TPSA) is 461 Å². The molecule has 0 aromatic heterocycles. The molecule has 0 saturated carbocycles. The summed E-state index contributed by atoms with van der Waals surface area (Å²) in [5, 5.41) is 58.8. The lowest BCUT2D eigenvalue weighted by atomic mass is 9.96. The molecular weight excluding hydrogens is 961 g/mol. The number of carbonyl (C=O) groups excluding carboxylic acids is 11. The van der Waals surface area contributed by atoms with Gasteiger partial charge in [0.25, 0.3) is 0 Å². The Morgan fingerprint density at radius 3 is 1.58 bits per heavy atom. The third-order valence-corrected chi connectivity index (χ3v) is 11.9. The molecule has 3 rings (SSSR count). The molecule has 11 amide bonds. The Balaban J connectivity index is 2.04. The fraction of sp³-hybridized carbons (Fsp3) is 0.667. The highest BCUT2D eigenvalue weighted by Gasteiger charge is 2.42. The zero-order chi connectivity index (χ0) is 54.0. The molecule has 3 aliphatic rings. The van der Waals surface area contributed by atoms with Crippen LogP contribution in [0.5, 0.6) is 0 Å². The van der Waals surface area contributed by atoms with Gasteiger partial charge >= 0.3 is 17.9 Å². The molecular formula is C42H64N12O18. The quantitative estimate of drug-likeness (QED) is 0.0914. The molecule has 0 radical (unpaired) electrons. The largest absolute Gasteiger partial charge is 0.481 e. The lowest BCUT2D eigenvalue weighted by Gasteiger charge is -2.37. The van der Waals surface area contributed by atoms with Crippen LogP contribution in [0.25, 0.3) is 0 Å². The van der Waals surface area contributed by atoms with E-state index < -0.39 is 189 Å². The number of aliphatic hydroxyl groups excluding tert-OH is 1. The monoisotopic (exact) mass is 1020 g/mol. The van der Waals surface area contributed by atoms with E-state index in [1.807, 2.05) is 10.6 Å². The summed E-state index contributed by atoms with van der Waals surface area (Å²) in [6.07, 6.45) is -3.15. The van der Waals surface area contributed by atoms with Gasteiger partial charge in [-0.05, 0) is 44.9 Å². The molecule has 10 atom stereocenters. The highest BCUT2D eigenvalue weighted by atomic mass is 16.4. The predicted molar refractivity (Wildman–Crippen MR) is 242 cm³/mol. The van der Waals surface area contributed by atoms with Crippen molar-refractivity contribution in [3.8, 4) is 0 Å². The molecule has 0 spiro atoms. The molecule has 0 aromatic carbocycles. The fourth-order valence-electron chi connectivity index (χ4n) is 7.91. The maximum Gasteiger partial charge on any atom is 0.305 e. The van der Waals surface area contributed by atoms with Crippen molar-refractivity contribution in [3.05, 3.63) is 0 Å². The van der Waals surface area contributed by atoms with Gasteiger partial charge in [-0.25, -0.2) is 0 Å². The van der Waals surface area contributed by atoms with E-state index in [-0.39, 0.29) is 25.9 Å². The summed E-state index contributed by atoms with van der Waals surface area (Å²) in [6.45, 7) is 0.858. The Morgan fingerprint density at radius 2 is 1.08 bits per heavy atom. The first-order valence-electron chi connectivity index (χ1n) is 23.1. The number of nitrogens with one attached hydrogen (secondary N) is 9. The SMILES string of the molecule is CCC(C)C1NC(=O)C(C(C)O)NC(=O)CNC(=O)C(CC(=O)O)NC(=O)CNC(=O)C(CC(=O)O)NC(=O)CNC(=O)C2CCCCN2C(=O)C(NC(=O)C(N)CC(=O)O)CNC(=O)C2CCCN2C1=O. The van der Waals surface area contributed by atoms with E-state index in [1.165, 1.54) is 4.90 Å². The molecule has 3 saturated heterocycles. The molecule has 0 aliphatic carbocycles. The van der Waals surface area contributed by atoms with Gasteiger partial charge in [0.05, 0.1) is 51.0 Å². The first-order valence-corrected chi connectivity index (χ1v) is 23.1. The number of carbonyl (C=O) groups is 14. The first-order chi connectivity index (χ1) is 33.8. The summed E-state index contributed by atoms with van der Waals surface area (Å²) in [6, 6.07) is -12.8. The van der Waals surface area contributed by atoms with Gasteiger partial charge in [0.2, 0.25) is 65.0 Å². The average Bonchev–Trinajstić information content (AvgIpc) is 3.82. The number of rotatable bonds is 11. The van der Waals surface area contributed by atoms with E-state index in [1.54, 1.807) is 13.8 Å². The van der Waals surface area contributed by atoms with Crippen molar-refractivity contribution in [2.24, 2.45) is 11.7 Å². The zero-order valence-electron chi connectivity index (χ0n) is 39.9. The molecule has 400 valence electrons. The lowest BCUT2D eigenvalue weighted by molar-refractivity contribution is -0.146. The molecule has 3 heterocycles. The normalized spacial score (nSPS) is 26.7. The van der Waals surface area contributed by atoms with Crippen molar-refractivity contribution >= 4 is 82.9 Å². The summed E-state index contributed by atoms with van der Waals surface area (Å²) in [5.41, 5.74) is 5.79. The fourth-order valence-corrected chi connectivity index (χ4v) is 7.91. The van der Waals surface area contributed by atoms with Crippen LogP contribution in [0, 0.1) is 5.92 Å². The number of piperidine rings is 1. The lowest BCUT2D eigenvalue weighted by Crippen LogP contribution is -2.62. The molecule has 0 bridgehead atoms. The van der Waals surface area contributed by atoms with Gasteiger partial charge in [-0.15, -0.1) is 0 Å². The smallest absolute Gasteiger partial charge is 0.305 e. The molecule has 15 N–H and O–H groups in total. The number of aliphatic hydroxyl groups is 1. The Kier molecular flexibility index (Phi) is 22.7.